The van der Waals surface area contributed by atoms with Crippen LogP contribution < -0.4 is 0 Å². The van der Waals surface area contributed by atoms with Crippen LogP contribution in [0.4, 0.5) is 0 Å². The second kappa shape index (κ2) is 7.23. The number of nitrogens with zero attached hydrogens (tertiary/aromatic N) is 1. The zero-order valence-electron chi connectivity index (χ0n) is 11.0. The first-order valence-electron chi connectivity index (χ1n) is 6.34. The van der Waals surface area contributed by atoms with Crippen molar-refractivity contribution in [3.05, 3.63) is 36.5 Å². The maximum atomic E-state index is 11.3. The van der Waals surface area contributed by atoms with Gasteiger partial charge in [-0.1, -0.05) is 42.9 Å². The fraction of sp³-hybridized carbons (Fsp3) is 0.533. The van der Waals surface area contributed by atoms with E-state index >= 15 is 0 Å². The summed E-state index contributed by atoms with van der Waals surface area (Å²) in [4.78, 5) is 13.6. The molecule has 1 atom stereocenters. The van der Waals surface area contributed by atoms with E-state index in [1.165, 1.54) is 18.4 Å². The van der Waals surface area contributed by atoms with Crippen molar-refractivity contribution < 1.29 is 4.79 Å². The van der Waals surface area contributed by atoms with Crippen molar-refractivity contribution >= 4 is 5.78 Å². The number of allylic oxidation sites excluding steroid dienone is 4. The molecule has 0 aliphatic carbocycles. The number of carbonyl (C=O) groups excluding carboxylic acids is 1. The minimum Gasteiger partial charge on any atom is -0.299 e. The van der Waals surface area contributed by atoms with Crippen molar-refractivity contribution in [2.45, 2.75) is 39.2 Å². The molecule has 2 heteroatoms. The van der Waals surface area contributed by atoms with Gasteiger partial charge in [0.15, 0.2) is 0 Å². The van der Waals surface area contributed by atoms with E-state index in [1.807, 2.05) is 12.2 Å². The molecule has 1 heterocycles. The summed E-state index contributed by atoms with van der Waals surface area (Å²) in [6, 6.07) is 0.433. The van der Waals surface area contributed by atoms with E-state index in [0.29, 0.717) is 12.6 Å². The van der Waals surface area contributed by atoms with Gasteiger partial charge in [0.05, 0.1) is 6.54 Å². The topological polar surface area (TPSA) is 20.3 Å². The lowest BCUT2D eigenvalue weighted by Crippen LogP contribution is -2.42. The number of piperidine rings is 1. The largest absolute Gasteiger partial charge is 0.299 e. The van der Waals surface area contributed by atoms with Gasteiger partial charge in [-0.25, -0.2) is 0 Å². The molecule has 1 aliphatic rings. The van der Waals surface area contributed by atoms with E-state index in [0.717, 1.165) is 13.0 Å². The Labute approximate surface area is 105 Å². The zero-order chi connectivity index (χ0) is 12.7. The third-order valence-corrected chi connectivity index (χ3v) is 3.17. The highest BCUT2D eigenvalue weighted by Crippen LogP contribution is 2.22. The molecule has 2 nitrogen and oxygen atoms in total. The smallest absolute Gasteiger partial charge is 0.143 e. The standard InChI is InChI=1S/C15H23NO/c1-4-5-6-9-13(2)15-10-7-8-11-16(15)12-14(3)17/h4-6,9,15H,1,7-8,10-12H2,2-3H3/b6-5-,13-9+. The number of rotatable bonds is 5. The van der Waals surface area contributed by atoms with E-state index in [1.54, 1.807) is 13.0 Å². The van der Waals surface area contributed by atoms with Gasteiger partial charge in [0, 0.05) is 6.04 Å². The van der Waals surface area contributed by atoms with Crippen LogP contribution in [-0.2, 0) is 4.79 Å². The highest BCUT2D eigenvalue weighted by Gasteiger charge is 2.23. The summed E-state index contributed by atoms with van der Waals surface area (Å²) in [6.07, 6.45) is 11.5. The van der Waals surface area contributed by atoms with Crippen molar-refractivity contribution in [3.63, 3.8) is 0 Å². The zero-order valence-corrected chi connectivity index (χ0v) is 11.0. The minimum absolute atomic E-state index is 0.256. The predicted molar refractivity (Wildman–Crippen MR) is 73.0 cm³/mol. The third kappa shape index (κ3) is 4.70. The van der Waals surface area contributed by atoms with Gasteiger partial charge in [-0.15, -0.1) is 0 Å². The van der Waals surface area contributed by atoms with Crippen molar-refractivity contribution in [1.82, 2.24) is 4.90 Å². The average Bonchev–Trinajstić information content (AvgIpc) is 2.29. The van der Waals surface area contributed by atoms with Crippen LogP contribution in [-0.4, -0.2) is 29.8 Å². The van der Waals surface area contributed by atoms with Crippen LogP contribution >= 0.6 is 0 Å². The van der Waals surface area contributed by atoms with Gasteiger partial charge in [0.2, 0.25) is 0 Å². The number of likely N-dealkylation sites (tertiary alicyclic amines) is 1. The van der Waals surface area contributed by atoms with Crippen molar-refractivity contribution in [1.29, 1.82) is 0 Å². The van der Waals surface area contributed by atoms with Gasteiger partial charge >= 0.3 is 0 Å². The van der Waals surface area contributed by atoms with Crippen LogP contribution in [0.15, 0.2) is 36.5 Å². The van der Waals surface area contributed by atoms with Crippen LogP contribution in [0.3, 0.4) is 0 Å². The molecule has 1 saturated heterocycles. The second-order valence-electron chi connectivity index (χ2n) is 4.72. The minimum atomic E-state index is 0.256. The summed E-state index contributed by atoms with van der Waals surface area (Å²) in [6.45, 7) is 9.10. The molecule has 0 N–H and O–H groups in total. The SMILES string of the molecule is C=C/C=C\C=C(/C)C1CCCCN1CC(C)=O. The molecule has 0 radical (unpaired) electrons. The molecule has 1 fully saturated rings. The fourth-order valence-corrected chi connectivity index (χ4v) is 2.38. The highest BCUT2D eigenvalue weighted by molar-refractivity contribution is 5.77. The van der Waals surface area contributed by atoms with Gasteiger partial charge in [-0.3, -0.25) is 9.69 Å². The lowest BCUT2D eigenvalue weighted by molar-refractivity contribution is -0.118. The molecule has 0 bridgehead atoms. The van der Waals surface area contributed by atoms with Gasteiger partial charge in [0.25, 0.3) is 0 Å². The summed E-state index contributed by atoms with van der Waals surface area (Å²) in [7, 11) is 0. The lowest BCUT2D eigenvalue weighted by Gasteiger charge is -2.35. The summed E-state index contributed by atoms with van der Waals surface area (Å²) in [5.41, 5.74) is 1.34. The molecule has 0 aromatic heterocycles. The number of Topliss-reactive ketones (excluding diaryl/α,β-unsaturated/α-hetero) is 1. The van der Waals surface area contributed by atoms with Gasteiger partial charge in [-0.2, -0.15) is 0 Å². The molecule has 94 valence electrons. The molecular weight excluding hydrogens is 210 g/mol. The molecule has 1 aliphatic heterocycles. The molecule has 1 rings (SSSR count). The summed E-state index contributed by atoms with van der Waals surface area (Å²) in [5.74, 6) is 0.256. The van der Waals surface area contributed by atoms with Gasteiger partial charge < -0.3 is 0 Å². The maximum absolute atomic E-state index is 11.3. The summed E-state index contributed by atoms with van der Waals surface area (Å²) < 4.78 is 0. The first kappa shape index (κ1) is 13.9. The van der Waals surface area contributed by atoms with E-state index < -0.39 is 0 Å². The van der Waals surface area contributed by atoms with Crippen molar-refractivity contribution in [2.75, 3.05) is 13.1 Å². The maximum Gasteiger partial charge on any atom is 0.143 e. The van der Waals surface area contributed by atoms with Crippen LogP contribution in [0.25, 0.3) is 0 Å². The lowest BCUT2D eigenvalue weighted by atomic mass is 9.95. The Morgan fingerprint density at radius 2 is 2.12 bits per heavy atom. The number of carbonyl (C=O) groups is 1. The van der Waals surface area contributed by atoms with E-state index in [-0.39, 0.29) is 5.78 Å². The normalized spacial score (nSPS) is 22.9. The average molecular weight is 233 g/mol. The molecule has 17 heavy (non-hydrogen) atoms. The molecule has 0 amide bonds. The fourth-order valence-electron chi connectivity index (χ4n) is 2.38. The Hall–Kier alpha value is -1.15. The summed E-state index contributed by atoms with van der Waals surface area (Å²) >= 11 is 0. The molecular formula is C15H23NO. The van der Waals surface area contributed by atoms with Crippen LogP contribution in [0.2, 0.25) is 0 Å². The molecule has 0 spiro atoms. The van der Waals surface area contributed by atoms with Gasteiger partial charge in [0.1, 0.15) is 5.78 Å². The monoisotopic (exact) mass is 233 g/mol. The highest BCUT2D eigenvalue weighted by atomic mass is 16.1. The molecule has 1 unspecified atom stereocenters. The molecule has 0 aromatic rings. The second-order valence-corrected chi connectivity index (χ2v) is 4.72. The Kier molecular flexibility index (Phi) is 5.92. The van der Waals surface area contributed by atoms with Crippen molar-refractivity contribution in [3.8, 4) is 0 Å². The first-order valence-corrected chi connectivity index (χ1v) is 6.34. The quantitative estimate of drug-likeness (QED) is 0.680. The predicted octanol–water partition coefficient (Wildman–Crippen LogP) is 3.12. The Balaban J connectivity index is 2.69. The Morgan fingerprint density at radius 3 is 2.76 bits per heavy atom. The van der Waals surface area contributed by atoms with Crippen LogP contribution in [0.5, 0.6) is 0 Å². The first-order chi connectivity index (χ1) is 8.15. The van der Waals surface area contributed by atoms with E-state index in [9.17, 15) is 4.79 Å². The molecule has 0 aromatic carbocycles. The Morgan fingerprint density at radius 1 is 1.35 bits per heavy atom. The van der Waals surface area contributed by atoms with Crippen LogP contribution in [0.1, 0.15) is 33.1 Å². The Bertz CT molecular complexity index is 328. The number of ketones is 1. The van der Waals surface area contributed by atoms with Crippen LogP contribution in [0, 0.1) is 0 Å². The van der Waals surface area contributed by atoms with E-state index in [4.69, 9.17) is 0 Å². The third-order valence-electron chi connectivity index (χ3n) is 3.17. The summed E-state index contributed by atoms with van der Waals surface area (Å²) in [5, 5.41) is 0. The number of hydrogen-bond donors (Lipinski definition) is 0. The van der Waals surface area contributed by atoms with Crippen molar-refractivity contribution in [2.24, 2.45) is 0 Å². The number of hydrogen-bond acceptors (Lipinski definition) is 2. The van der Waals surface area contributed by atoms with Gasteiger partial charge in [-0.05, 0) is 33.2 Å². The van der Waals surface area contributed by atoms with E-state index in [2.05, 4.69) is 24.5 Å². The molecule has 0 saturated carbocycles.